The van der Waals surface area contributed by atoms with Gasteiger partial charge < -0.3 is 125 Å². The van der Waals surface area contributed by atoms with E-state index < -0.39 is 139 Å². The number of fused-ring (bicyclic) bond motifs is 1. The number of aromatic nitrogens is 1. The third-order valence-electron chi connectivity index (χ3n) is 15.2. The minimum atomic E-state index is -1.77. The van der Waals surface area contributed by atoms with Crippen LogP contribution in [0.5, 0.6) is 5.75 Å². The second-order valence-corrected chi connectivity index (χ2v) is 23.4. The zero-order valence-corrected chi connectivity index (χ0v) is 54.8. The van der Waals surface area contributed by atoms with Crippen LogP contribution in [-0.4, -0.2) is 209 Å². The number of carboxylic acids is 1. The number of nitrogens with one attached hydrogen (secondary N) is 10. The molecule has 36 nitrogen and oxygen atoms in total. The second kappa shape index (κ2) is 43.2. The van der Waals surface area contributed by atoms with E-state index in [1.54, 1.807) is 44.3 Å². The summed E-state index contributed by atoms with van der Waals surface area (Å²) in [5, 5.41) is 63.7. The highest BCUT2D eigenvalue weighted by molar-refractivity contribution is 5.99. The molecule has 0 radical (unpaired) electrons. The molecule has 32 N–H and O–H groups in total. The average molecular weight is 1370 g/mol. The number of amides is 9. The van der Waals surface area contributed by atoms with E-state index in [9.17, 15) is 68.4 Å². The van der Waals surface area contributed by atoms with Gasteiger partial charge in [0.1, 0.15) is 60.1 Å². The summed E-state index contributed by atoms with van der Waals surface area (Å²) in [5.41, 5.74) is 52.4. The first kappa shape index (κ1) is 81.3. The molecule has 0 saturated carbocycles. The monoisotopic (exact) mass is 1360 g/mol. The topological polar surface area (TPSA) is 647 Å². The van der Waals surface area contributed by atoms with E-state index in [-0.39, 0.29) is 114 Å². The average Bonchev–Trinajstić information content (AvgIpc) is 1.75. The predicted molar refractivity (Wildman–Crippen MR) is 361 cm³/mol. The van der Waals surface area contributed by atoms with Gasteiger partial charge in [-0.25, -0.2) is 4.79 Å². The van der Waals surface area contributed by atoms with Crippen molar-refractivity contribution in [3.05, 3.63) is 65.9 Å². The SMILES string of the molecule is CC(C)[C@H](NC(=O)[C@H](Cc1ccc(O)cc1)NC(=O)[C@H](CO)NC(=O)[C@H](CCCCN)NC(=O)[C@@H](N)CCCCN)C(=O)N[C@@H](CCCN=C(N)N)C(=O)N[C@@H](CCCN=C(N)N)C(=O)N[C@@H](Cc1c[nH]c2ccccc12)C(=O)N[C@@H](CCCN=C(N)N)C(=O)N[C@@H](CO)C(=O)O. The Labute approximate surface area is 561 Å². The molecule has 0 aliphatic heterocycles. The van der Waals surface area contributed by atoms with E-state index in [1.807, 2.05) is 0 Å². The number of para-hydroxylation sites is 1. The van der Waals surface area contributed by atoms with Crippen molar-refractivity contribution in [1.82, 2.24) is 52.8 Å². The van der Waals surface area contributed by atoms with Crippen LogP contribution < -0.4 is 99.5 Å². The van der Waals surface area contributed by atoms with E-state index in [2.05, 4.69) is 67.8 Å². The maximum atomic E-state index is 14.9. The van der Waals surface area contributed by atoms with Crippen LogP contribution >= 0.6 is 0 Å². The number of hydrogen-bond donors (Lipinski definition) is 23. The Morgan fingerprint density at radius 2 is 0.835 bits per heavy atom. The van der Waals surface area contributed by atoms with Crippen LogP contribution in [0, 0.1) is 5.92 Å². The number of hydrogen-bond acceptors (Lipinski definition) is 19. The Hall–Kier alpha value is -9.91. The van der Waals surface area contributed by atoms with Gasteiger partial charge in [0.05, 0.1) is 19.3 Å². The number of benzene rings is 2. The fourth-order valence-electron chi connectivity index (χ4n) is 9.87. The van der Waals surface area contributed by atoms with E-state index in [1.165, 1.54) is 24.3 Å². The lowest BCUT2D eigenvalue weighted by Crippen LogP contribution is -2.62. The molecule has 9 amide bonds. The number of aromatic hydroxyl groups is 1. The van der Waals surface area contributed by atoms with Gasteiger partial charge in [-0.05, 0) is 119 Å². The number of H-pyrrole nitrogens is 1. The summed E-state index contributed by atoms with van der Waals surface area (Å²) in [6, 6.07) is -2.18. The number of unbranched alkanes of at least 4 members (excludes halogenated alkanes) is 2. The van der Waals surface area contributed by atoms with Crippen LogP contribution in [0.4, 0.5) is 0 Å². The van der Waals surface area contributed by atoms with Crippen molar-refractivity contribution in [3.8, 4) is 5.75 Å². The van der Waals surface area contributed by atoms with Gasteiger partial charge in [0.2, 0.25) is 53.2 Å². The van der Waals surface area contributed by atoms with Gasteiger partial charge in [0.15, 0.2) is 17.9 Å². The number of nitrogens with two attached hydrogens (primary N) is 9. The molecule has 538 valence electrons. The lowest BCUT2D eigenvalue weighted by atomic mass is 9.99. The summed E-state index contributed by atoms with van der Waals surface area (Å²) in [6.45, 7) is 1.71. The van der Waals surface area contributed by atoms with Gasteiger partial charge in [-0.1, -0.05) is 50.6 Å². The largest absolute Gasteiger partial charge is 0.508 e. The van der Waals surface area contributed by atoms with Crippen molar-refractivity contribution in [2.45, 2.75) is 164 Å². The summed E-state index contributed by atoms with van der Waals surface area (Å²) < 4.78 is 0. The first-order valence-corrected chi connectivity index (χ1v) is 32.0. The van der Waals surface area contributed by atoms with Gasteiger partial charge in [-0.2, -0.15) is 0 Å². The number of carbonyl (C=O) groups excluding carboxylic acids is 9. The number of aliphatic hydroxyl groups excluding tert-OH is 2. The van der Waals surface area contributed by atoms with E-state index in [0.29, 0.717) is 54.3 Å². The lowest BCUT2D eigenvalue weighted by molar-refractivity contribution is -0.143. The third kappa shape index (κ3) is 29.7. The second-order valence-electron chi connectivity index (χ2n) is 23.4. The summed E-state index contributed by atoms with van der Waals surface area (Å²) in [5.74, 6) is -11.6. The van der Waals surface area contributed by atoms with E-state index >= 15 is 0 Å². The molecule has 10 atom stereocenters. The first-order valence-electron chi connectivity index (χ1n) is 32.0. The Morgan fingerprint density at radius 1 is 0.454 bits per heavy atom. The van der Waals surface area contributed by atoms with Crippen molar-refractivity contribution in [1.29, 1.82) is 0 Å². The molecule has 0 spiro atoms. The fourth-order valence-corrected chi connectivity index (χ4v) is 9.87. The maximum Gasteiger partial charge on any atom is 0.328 e. The molecule has 97 heavy (non-hydrogen) atoms. The number of carbonyl (C=O) groups is 10. The number of phenols is 1. The molecule has 3 aromatic rings. The number of aliphatic imine (C=N–C) groups is 3. The van der Waals surface area contributed by atoms with E-state index in [0.717, 1.165) is 0 Å². The smallest absolute Gasteiger partial charge is 0.328 e. The molecule has 0 fully saturated rings. The summed E-state index contributed by atoms with van der Waals surface area (Å²) in [4.78, 5) is 155. The summed E-state index contributed by atoms with van der Waals surface area (Å²) in [6.07, 6.45) is 3.09. The van der Waals surface area contributed by atoms with Gasteiger partial charge in [0, 0.05) is 49.6 Å². The molecule has 0 bridgehead atoms. The van der Waals surface area contributed by atoms with E-state index in [4.69, 9.17) is 51.6 Å². The van der Waals surface area contributed by atoms with Crippen molar-refractivity contribution < 1.29 is 68.4 Å². The number of nitrogens with zero attached hydrogens (tertiary/aromatic N) is 3. The highest BCUT2D eigenvalue weighted by Crippen LogP contribution is 2.20. The highest BCUT2D eigenvalue weighted by Gasteiger charge is 2.37. The predicted octanol–water partition coefficient (Wildman–Crippen LogP) is -6.51. The first-order chi connectivity index (χ1) is 46.1. The van der Waals surface area contributed by atoms with Crippen molar-refractivity contribution in [2.75, 3.05) is 45.9 Å². The molecular weight excluding hydrogens is 1260 g/mol. The van der Waals surface area contributed by atoms with Crippen LogP contribution in [0.2, 0.25) is 0 Å². The highest BCUT2D eigenvalue weighted by atomic mass is 16.4. The molecular formula is C61H100N22O14. The van der Waals surface area contributed by atoms with Crippen LogP contribution in [0.25, 0.3) is 10.9 Å². The minimum absolute atomic E-state index is 0.0151. The molecule has 0 aliphatic carbocycles. The van der Waals surface area contributed by atoms with Crippen LogP contribution in [0.15, 0.2) is 69.7 Å². The van der Waals surface area contributed by atoms with Crippen LogP contribution in [0.3, 0.4) is 0 Å². The summed E-state index contributed by atoms with van der Waals surface area (Å²) >= 11 is 0. The van der Waals surface area contributed by atoms with Gasteiger partial charge in [-0.15, -0.1) is 0 Å². The standard InChI is InChI=1S/C61H100N22O14/c1-33(2)48(83-55(93)44(28-34-19-21-36(86)22-20-34)79-56(94)46(31-84)81-52(90)40(15-6-8-24-63)75-49(87)38(64)13-5-7-23-62)57(95)78-43(18-11-27-73-61(69)70)50(88)76-41(16-9-25-71-59(65)66)51(89)80-45(29-35-30-74-39-14-4-3-12-37(35)39)54(92)77-42(17-10-26-72-60(67)68)53(91)82-47(32-85)58(96)97/h3-4,12,14,19-22,30,33,38,40-48,74,84-86H,5-11,13,15-18,23-29,31-32,62-64H2,1-2H3,(H,75,87)(H,76,88)(H,77,92)(H,78,95)(H,79,94)(H,80,89)(H,81,90)(H,82,91)(H,83,93)(H,96,97)(H4,65,66,71)(H4,67,68,72)(H4,69,70,73)/t38-,40-,41-,42-,43-,44-,45-,46-,47-,48-/m0/s1. The fraction of sp³-hybridized carbons (Fsp3) is 0.557. The molecule has 1 heterocycles. The lowest BCUT2D eigenvalue weighted by Gasteiger charge is -2.29. The molecule has 0 aliphatic rings. The zero-order chi connectivity index (χ0) is 72.1. The number of rotatable bonds is 46. The van der Waals surface area contributed by atoms with Crippen LogP contribution in [0.1, 0.15) is 102 Å². The Morgan fingerprint density at radius 3 is 1.29 bits per heavy atom. The number of aromatic amines is 1. The van der Waals surface area contributed by atoms with Crippen LogP contribution in [-0.2, 0) is 60.8 Å². The molecule has 3 rings (SSSR count). The Bertz CT molecular complexity index is 3130. The molecule has 1 aromatic heterocycles. The van der Waals surface area contributed by atoms with Crippen molar-refractivity contribution in [3.63, 3.8) is 0 Å². The number of carboxylic acid groups (broad SMARTS) is 1. The number of aliphatic hydroxyl groups is 2. The summed E-state index contributed by atoms with van der Waals surface area (Å²) in [7, 11) is 0. The van der Waals surface area contributed by atoms with Crippen molar-refractivity contribution in [2.24, 2.45) is 72.5 Å². The zero-order valence-electron chi connectivity index (χ0n) is 54.8. The Balaban J connectivity index is 2.05. The molecule has 0 saturated heterocycles. The van der Waals surface area contributed by atoms with Gasteiger partial charge in [-0.3, -0.25) is 58.1 Å². The third-order valence-corrected chi connectivity index (χ3v) is 15.2. The molecule has 0 unspecified atom stereocenters. The number of aliphatic carboxylic acids is 1. The number of guanidine groups is 3. The van der Waals surface area contributed by atoms with Gasteiger partial charge in [0.25, 0.3) is 0 Å². The Kier molecular flexibility index (Phi) is 36.2. The maximum absolute atomic E-state index is 14.9. The number of phenolic OH excluding ortho intramolecular Hbond substituents is 1. The normalized spacial score (nSPS) is 14.2. The molecule has 2 aromatic carbocycles. The van der Waals surface area contributed by atoms with Gasteiger partial charge >= 0.3 is 5.97 Å². The minimum Gasteiger partial charge on any atom is -0.508 e. The quantitative estimate of drug-likeness (QED) is 0.0142. The van der Waals surface area contributed by atoms with Crippen molar-refractivity contribution >= 4 is 87.9 Å². The molecule has 36 heteroatoms.